The van der Waals surface area contributed by atoms with Crippen molar-refractivity contribution in [3.63, 3.8) is 0 Å². The second-order valence-corrected chi connectivity index (χ2v) is 13.4. The van der Waals surface area contributed by atoms with Gasteiger partial charge in [0.05, 0.1) is 33.3 Å². The van der Waals surface area contributed by atoms with Gasteiger partial charge in [-0.2, -0.15) is 0 Å². The van der Waals surface area contributed by atoms with Gasteiger partial charge in [-0.1, -0.05) is 133 Å². The summed E-state index contributed by atoms with van der Waals surface area (Å²) >= 11 is 0. The summed E-state index contributed by atoms with van der Waals surface area (Å²) in [4.78, 5) is 10.6. The van der Waals surface area contributed by atoms with E-state index in [0.29, 0.717) is 5.95 Å². The van der Waals surface area contributed by atoms with Gasteiger partial charge in [0, 0.05) is 38.2 Å². The van der Waals surface area contributed by atoms with Crippen LogP contribution in [0.4, 0.5) is 0 Å². The predicted molar refractivity (Wildman–Crippen MR) is 217 cm³/mol. The minimum Gasteiger partial charge on any atom is -0.309 e. The number of aromatic nitrogens is 4. The fraction of sp³-hybridized carbons (Fsp3) is 0. The summed E-state index contributed by atoms with van der Waals surface area (Å²) in [5.74, 6) is 0.660. The third kappa shape index (κ3) is 4.28. The Bertz CT molecular complexity index is 3170. The molecule has 52 heavy (non-hydrogen) atoms. The summed E-state index contributed by atoms with van der Waals surface area (Å²) < 4.78 is 4.65. The number of fused-ring (bicyclic) bond motifs is 9. The molecule has 3 heterocycles. The minimum absolute atomic E-state index is 0.660. The van der Waals surface area contributed by atoms with Crippen LogP contribution >= 0.6 is 0 Å². The Morgan fingerprint density at radius 3 is 1.65 bits per heavy atom. The molecule has 3 aromatic heterocycles. The second kappa shape index (κ2) is 11.2. The maximum Gasteiger partial charge on any atom is 0.235 e. The third-order valence-corrected chi connectivity index (χ3v) is 10.5. The van der Waals surface area contributed by atoms with Crippen LogP contribution in [0.1, 0.15) is 0 Å². The molecule has 4 heteroatoms. The number of hydrogen-bond donors (Lipinski definition) is 0. The fourth-order valence-electron chi connectivity index (χ4n) is 8.17. The van der Waals surface area contributed by atoms with Crippen LogP contribution in [-0.2, 0) is 0 Å². The molecule has 0 N–H and O–H groups in total. The smallest absolute Gasteiger partial charge is 0.235 e. The average molecular weight is 663 g/mol. The third-order valence-electron chi connectivity index (χ3n) is 10.5. The SMILES string of the molecule is c1ccc(-c2ccc(-n3c4ccccc4c4c5c6ccccc6n(-c6nc(-c7ccc8ccccc8c7)c7ccccc7n6)c5ccc43)cc2)cc1. The van der Waals surface area contributed by atoms with Crippen LogP contribution in [0, 0.1) is 0 Å². The van der Waals surface area contributed by atoms with Gasteiger partial charge in [-0.15, -0.1) is 0 Å². The molecular formula is C48H30N4. The highest BCUT2D eigenvalue weighted by Crippen LogP contribution is 2.42. The highest BCUT2D eigenvalue weighted by atomic mass is 15.2. The molecule has 4 nitrogen and oxygen atoms in total. The molecule has 242 valence electrons. The molecule has 0 spiro atoms. The van der Waals surface area contributed by atoms with Gasteiger partial charge in [0.2, 0.25) is 5.95 Å². The van der Waals surface area contributed by atoms with E-state index in [-0.39, 0.29) is 0 Å². The Morgan fingerprint density at radius 1 is 0.346 bits per heavy atom. The van der Waals surface area contributed by atoms with Gasteiger partial charge in [-0.25, -0.2) is 9.97 Å². The normalized spacial score (nSPS) is 11.8. The van der Waals surface area contributed by atoms with E-state index in [0.717, 1.165) is 38.9 Å². The molecule has 0 unspecified atom stereocenters. The average Bonchev–Trinajstić information content (AvgIpc) is 3.73. The summed E-state index contributed by atoms with van der Waals surface area (Å²) in [6.45, 7) is 0. The Labute approximate surface area is 299 Å². The molecule has 0 bridgehead atoms. The number of nitrogens with zero attached hydrogens (tertiary/aromatic N) is 4. The van der Waals surface area contributed by atoms with E-state index in [1.165, 1.54) is 54.5 Å². The van der Waals surface area contributed by atoms with E-state index < -0.39 is 0 Å². The lowest BCUT2D eigenvalue weighted by molar-refractivity contribution is 1.01. The molecule has 0 aliphatic carbocycles. The van der Waals surface area contributed by atoms with Crippen molar-refractivity contribution in [2.24, 2.45) is 0 Å². The summed E-state index contributed by atoms with van der Waals surface area (Å²) in [5.41, 5.74) is 11.0. The van der Waals surface area contributed by atoms with Crippen LogP contribution in [-0.4, -0.2) is 19.1 Å². The molecular weight excluding hydrogens is 633 g/mol. The Hall–Kier alpha value is -7.04. The predicted octanol–water partition coefficient (Wildman–Crippen LogP) is 12.3. The molecule has 8 aromatic carbocycles. The molecule has 0 fully saturated rings. The van der Waals surface area contributed by atoms with Crippen LogP contribution in [0.15, 0.2) is 182 Å². The fourth-order valence-corrected chi connectivity index (χ4v) is 8.17. The number of benzene rings is 8. The summed E-state index contributed by atoms with van der Waals surface area (Å²) in [5, 5.41) is 8.26. The summed E-state index contributed by atoms with van der Waals surface area (Å²) in [7, 11) is 0. The Kier molecular flexibility index (Phi) is 6.22. The number of para-hydroxylation sites is 3. The summed E-state index contributed by atoms with van der Waals surface area (Å²) in [6.07, 6.45) is 0. The lowest BCUT2D eigenvalue weighted by Crippen LogP contribution is -2.03. The van der Waals surface area contributed by atoms with E-state index in [4.69, 9.17) is 9.97 Å². The van der Waals surface area contributed by atoms with Crippen molar-refractivity contribution in [1.82, 2.24) is 19.1 Å². The molecule has 0 aliphatic rings. The zero-order valence-corrected chi connectivity index (χ0v) is 28.1. The molecule has 11 aromatic rings. The standard InChI is InChI=1S/C48H30N4/c1-2-12-31(13-3-1)33-24-26-36(27-25-33)51-41-20-10-7-17-38(41)45-43(51)28-29-44-46(45)39-18-8-11-21-42(39)52(44)48-49-40-19-9-6-16-37(40)47(50-48)35-23-22-32-14-4-5-15-34(32)30-35/h1-30H. The molecule has 0 saturated carbocycles. The van der Waals surface area contributed by atoms with Crippen molar-refractivity contribution in [2.45, 2.75) is 0 Å². The van der Waals surface area contributed by atoms with Crippen LogP contribution in [0.5, 0.6) is 0 Å². The van der Waals surface area contributed by atoms with Crippen LogP contribution in [0.3, 0.4) is 0 Å². The van der Waals surface area contributed by atoms with Crippen LogP contribution < -0.4 is 0 Å². The Balaban J connectivity index is 1.18. The van der Waals surface area contributed by atoms with Gasteiger partial charge < -0.3 is 4.57 Å². The topological polar surface area (TPSA) is 35.6 Å². The van der Waals surface area contributed by atoms with Crippen LogP contribution in [0.2, 0.25) is 0 Å². The molecule has 0 aliphatic heterocycles. The molecule has 0 atom stereocenters. The number of rotatable bonds is 4. The van der Waals surface area contributed by atoms with Gasteiger partial charge in [0.1, 0.15) is 0 Å². The minimum atomic E-state index is 0.660. The number of hydrogen-bond acceptors (Lipinski definition) is 2. The lowest BCUT2D eigenvalue weighted by Gasteiger charge is -2.12. The molecule has 0 radical (unpaired) electrons. The Morgan fingerprint density at radius 2 is 0.904 bits per heavy atom. The largest absolute Gasteiger partial charge is 0.309 e. The van der Waals surface area contributed by atoms with Gasteiger partial charge in [-0.3, -0.25) is 4.57 Å². The lowest BCUT2D eigenvalue weighted by atomic mass is 10.0. The van der Waals surface area contributed by atoms with Crippen LogP contribution in [0.25, 0.3) is 99.3 Å². The van der Waals surface area contributed by atoms with Gasteiger partial charge in [-0.05, 0) is 70.4 Å². The zero-order valence-electron chi connectivity index (χ0n) is 28.1. The highest BCUT2D eigenvalue weighted by Gasteiger charge is 2.22. The second-order valence-electron chi connectivity index (χ2n) is 13.4. The summed E-state index contributed by atoms with van der Waals surface area (Å²) in [6, 6.07) is 64.8. The van der Waals surface area contributed by atoms with Crippen molar-refractivity contribution in [2.75, 3.05) is 0 Å². The van der Waals surface area contributed by atoms with E-state index >= 15 is 0 Å². The maximum absolute atomic E-state index is 5.40. The zero-order chi connectivity index (χ0) is 34.2. The first kappa shape index (κ1) is 28.8. The first-order valence-corrected chi connectivity index (χ1v) is 17.7. The van der Waals surface area contributed by atoms with Crippen molar-refractivity contribution >= 4 is 65.3 Å². The first-order chi connectivity index (χ1) is 25.8. The van der Waals surface area contributed by atoms with Crippen molar-refractivity contribution in [3.8, 4) is 34.0 Å². The van der Waals surface area contributed by atoms with E-state index in [9.17, 15) is 0 Å². The van der Waals surface area contributed by atoms with Crippen molar-refractivity contribution in [1.29, 1.82) is 0 Å². The van der Waals surface area contributed by atoms with Crippen molar-refractivity contribution in [3.05, 3.63) is 182 Å². The van der Waals surface area contributed by atoms with Gasteiger partial charge in [0.15, 0.2) is 0 Å². The molecule has 0 saturated heterocycles. The van der Waals surface area contributed by atoms with Crippen molar-refractivity contribution < 1.29 is 0 Å². The molecule has 11 rings (SSSR count). The highest BCUT2D eigenvalue weighted by molar-refractivity contribution is 6.28. The van der Waals surface area contributed by atoms with Gasteiger partial charge >= 0.3 is 0 Å². The van der Waals surface area contributed by atoms with E-state index in [2.05, 4.69) is 191 Å². The quantitative estimate of drug-likeness (QED) is 0.188. The van der Waals surface area contributed by atoms with E-state index in [1.807, 2.05) is 0 Å². The molecule has 0 amide bonds. The monoisotopic (exact) mass is 662 g/mol. The first-order valence-electron chi connectivity index (χ1n) is 17.7. The van der Waals surface area contributed by atoms with E-state index in [1.54, 1.807) is 0 Å². The maximum atomic E-state index is 5.40. The van der Waals surface area contributed by atoms with Gasteiger partial charge in [0.25, 0.3) is 0 Å².